The Kier molecular flexibility index (Phi) is 3.46. The number of carbonyl (C=O) groups is 1. The average molecular weight is 245 g/mol. The number of nitrogens with zero attached hydrogens (tertiary/aromatic N) is 1. The summed E-state index contributed by atoms with van der Waals surface area (Å²) in [5.41, 5.74) is 2.62. The van der Waals surface area contributed by atoms with E-state index in [1.807, 2.05) is 31.2 Å². The average Bonchev–Trinajstić information content (AvgIpc) is 2.37. The Labute approximate surface area is 106 Å². The van der Waals surface area contributed by atoms with Crippen LogP contribution in [0.15, 0.2) is 24.3 Å². The van der Waals surface area contributed by atoms with Crippen LogP contribution in [0.25, 0.3) is 10.9 Å². The molecule has 0 aliphatic carbocycles. The number of aromatic nitrogens is 1. The van der Waals surface area contributed by atoms with Crippen molar-refractivity contribution in [2.45, 2.75) is 13.3 Å². The van der Waals surface area contributed by atoms with Gasteiger partial charge in [-0.05, 0) is 30.7 Å². The third-order valence-corrected chi connectivity index (χ3v) is 2.83. The topological polar surface area (TPSA) is 48.4 Å². The molecule has 0 fully saturated rings. The van der Waals surface area contributed by atoms with E-state index in [0.717, 1.165) is 22.2 Å². The number of carbonyl (C=O) groups excluding carboxylic acids is 1. The molecule has 94 valence electrons. The number of aryl methyl sites for hydroxylation is 1. The monoisotopic (exact) mass is 245 g/mol. The lowest BCUT2D eigenvalue weighted by Crippen LogP contribution is -2.06. The number of fused-ring (bicyclic) bond motifs is 1. The highest BCUT2D eigenvalue weighted by atomic mass is 16.5. The Morgan fingerprint density at radius 2 is 2.06 bits per heavy atom. The van der Waals surface area contributed by atoms with Crippen LogP contribution in [0.3, 0.4) is 0 Å². The molecule has 0 bridgehead atoms. The minimum atomic E-state index is -0.288. The largest absolute Gasteiger partial charge is 0.497 e. The second-order valence-electron chi connectivity index (χ2n) is 4.07. The first kappa shape index (κ1) is 12.4. The van der Waals surface area contributed by atoms with Crippen LogP contribution in [0.2, 0.25) is 0 Å². The van der Waals surface area contributed by atoms with Gasteiger partial charge in [-0.15, -0.1) is 0 Å². The zero-order chi connectivity index (χ0) is 13.1. The van der Waals surface area contributed by atoms with Crippen molar-refractivity contribution in [3.8, 4) is 5.75 Å². The highest BCUT2D eigenvalue weighted by molar-refractivity contribution is 5.84. The van der Waals surface area contributed by atoms with E-state index in [0.29, 0.717) is 5.69 Å². The highest BCUT2D eigenvalue weighted by Gasteiger charge is 2.08. The maximum Gasteiger partial charge on any atom is 0.311 e. The van der Waals surface area contributed by atoms with Crippen molar-refractivity contribution in [1.82, 2.24) is 4.98 Å². The lowest BCUT2D eigenvalue weighted by atomic mass is 10.1. The van der Waals surface area contributed by atoms with Gasteiger partial charge in [0.15, 0.2) is 0 Å². The molecule has 1 heterocycles. The fourth-order valence-electron chi connectivity index (χ4n) is 1.89. The molecule has 0 spiro atoms. The van der Waals surface area contributed by atoms with E-state index in [1.165, 1.54) is 7.11 Å². The summed E-state index contributed by atoms with van der Waals surface area (Å²) < 4.78 is 9.82. The molecule has 1 aromatic carbocycles. The summed E-state index contributed by atoms with van der Waals surface area (Å²) in [6, 6.07) is 7.64. The van der Waals surface area contributed by atoms with Gasteiger partial charge in [0.05, 0.1) is 31.9 Å². The quantitative estimate of drug-likeness (QED) is 0.778. The molecule has 0 radical (unpaired) electrons. The Balaban J connectivity index is 2.48. The summed E-state index contributed by atoms with van der Waals surface area (Å²) in [6.07, 6.45) is 0.185. The van der Waals surface area contributed by atoms with Crippen LogP contribution in [0.5, 0.6) is 5.75 Å². The third-order valence-electron chi connectivity index (χ3n) is 2.83. The summed E-state index contributed by atoms with van der Waals surface area (Å²) in [5.74, 6) is 0.466. The first-order valence-corrected chi connectivity index (χ1v) is 5.65. The molecule has 0 aliphatic heterocycles. The van der Waals surface area contributed by atoms with E-state index >= 15 is 0 Å². The van der Waals surface area contributed by atoms with Gasteiger partial charge in [0.25, 0.3) is 0 Å². The Morgan fingerprint density at radius 3 is 2.72 bits per heavy atom. The Bertz CT molecular complexity index is 593. The molecule has 0 unspecified atom stereocenters. The molecule has 4 nitrogen and oxygen atoms in total. The molecule has 2 rings (SSSR count). The van der Waals surface area contributed by atoms with Crippen molar-refractivity contribution in [2.75, 3.05) is 14.2 Å². The molecule has 0 N–H and O–H groups in total. The zero-order valence-corrected chi connectivity index (χ0v) is 10.7. The van der Waals surface area contributed by atoms with Gasteiger partial charge < -0.3 is 9.47 Å². The van der Waals surface area contributed by atoms with Gasteiger partial charge in [-0.3, -0.25) is 9.78 Å². The van der Waals surface area contributed by atoms with Crippen molar-refractivity contribution >= 4 is 16.9 Å². The van der Waals surface area contributed by atoms with E-state index in [2.05, 4.69) is 9.72 Å². The summed E-state index contributed by atoms with van der Waals surface area (Å²) in [7, 11) is 2.99. The number of rotatable bonds is 3. The van der Waals surface area contributed by atoms with E-state index in [4.69, 9.17) is 4.74 Å². The molecule has 4 heteroatoms. The second kappa shape index (κ2) is 5.04. The standard InChI is InChI=1S/C14H15NO3/c1-9-6-10(7-14(16)18-3)15-13-8-11(17-2)4-5-12(9)13/h4-6,8H,7H2,1-3H3. The van der Waals surface area contributed by atoms with Crippen LogP contribution in [0.4, 0.5) is 0 Å². The lowest BCUT2D eigenvalue weighted by molar-refractivity contribution is -0.139. The molecular formula is C14H15NO3. The van der Waals surface area contributed by atoms with E-state index < -0.39 is 0 Å². The van der Waals surface area contributed by atoms with Crippen LogP contribution in [0, 0.1) is 6.92 Å². The van der Waals surface area contributed by atoms with Crippen LogP contribution in [-0.2, 0) is 16.0 Å². The number of benzene rings is 1. The Hall–Kier alpha value is -2.10. The molecule has 0 atom stereocenters. The molecular weight excluding hydrogens is 230 g/mol. The smallest absolute Gasteiger partial charge is 0.311 e. The SMILES string of the molecule is COC(=O)Cc1cc(C)c2ccc(OC)cc2n1. The van der Waals surface area contributed by atoms with Crippen molar-refractivity contribution in [3.63, 3.8) is 0 Å². The third kappa shape index (κ3) is 2.42. The van der Waals surface area contributed by atoms with Crippen molar-refractivity contribution in [3.05, 3.63) is 35.5 Å². The van der Waals surface area contributed by atoms with Gasteiger partial charge in [-0.2, -0.15) is 0 Å². The van der Waals surface area contributed by atoms with Gasteiger partial charge >= 0.3 is 5.97 Å². The molecule has 2 aromatic rings. The van der Waals surface area contributed by atoms with Crippen molar-refractivity contribution in [1.29, 1.82) is 0 Å². The minimum absolute atomic E-state index is 0.185. The number of pyridine rings is 1. The van der Waals surface area contributed by atoms with Crippen molar-refractivity contribution < 1.29 is 14.3 Å². The van der Waals surface area contributed by atoms with Gasteiger partial charge in [0.2, 0.25) is 0 Å². The van der Waals surface area contributed by atoms with Gasteiger partial charge in [-0.25, -0.2) is 0 Å². The van der Waals surface area contributed by atoms with Crippen LogP contribution in [-0.4, -0.2) is 25.2 Å². The predicted molar refractivity (Wildman–Crippen MR) is 68.8 cm³/mol. The summed E-state index contributed by atoms with van der Waals surface area (Å²) in [5, 5.41) is 1.06. The predicted octanol–water partition coefficient (Wildman–Crippen LogP) is 2.27. The van der Waals surface area contributed by atoms with Crippen LogP contribution < -0.4 is 4.74 Å². The van der Waals surface area contributed by atoms with Crippen LogP contribution >= 0.6 is 0 Å². The van der Waals surface area contributed by atoms with E-state index in [9.17, 15) is 4.79 Å². The number of esters is 1. The fourth-order valence-corrected chi connectivity index (χ4v) is 1.89. The molecule has 18 heavy (non-hydrogen) atoms. The first-order chi connectivity index (χ1) is 8.63. The fraction of sp³-hybridized carbons (Fsp3) is 0.286. The molecule has 1 aromatic heterocycles. The van der Waals surface area contributed by atoms with Crippen molar-refractivity contribution in [2.24, 2.45) is 0 Å². The molecule has 0 amide bonds. The van der Waals surface area contributed by atoms with E-state index in [-0.39, 0.29) is 12.4 Å². The number of hydrogen-bond acceptors (Lipinski definition) is 4. The first-order valence-electron chi connectivity index (χ1n) is 5.65. The summed E-state index contributed by atoms with van der Waals surface area (Å²) in [6.45, 7) is 2.00. The van der Waals surface area contributed by atoms with Crippen LogP contribution in [0.1, 0.15) is 11.3 Å². The lowest BCUT2D eigenvalue weighted by Gasteiger charge is -2.07. The van der Waals surface area contributed by atoms with Gasteiger partial charge in [-0.1, -0.05) is 0 Å². The number of hydrogen-bond donors (Lipinski definition) is 0. The number of methoxy groups -OCH3 is 2. The maximum atomic E-state index is 11.3. The highest BCUT2D eigenvalue weighted by Crippen LogP contribution is 2.22. The Morgan fingerprint density at radius 1 is 1.28 bits per heavy atom. The normalized spacial score (nSPS) is 10.4. The van der Waals surface area contributed by atoms with E-state index in [1.54, 1.807) is 7.11 Å². The maximum absolute atomic E-state index is 11.3. The number of ether oxygens (including phenoxy) is 2. The summed E-state index contributed by atoms with van der Waals surface area (Å²) >= 11 is 0. The molecule has 0 saturated heterocycles. The zero-order valence-electron chi connectivity index (χ0n) is 10.7. The molecule has 0 saturated carbocycles. The minimum Gasteiger partial charge on any atom is -0.497 e. The second-order valence-corrected chi connectivity index (χ2v) is 4.07. The van der Waals surface area contributed by atoms with Gasteiger partial charge in [0.1, 0.15) is 5.75 Å². The van der Waals surface area contributed by atoms with Gasteiger partial charge in [0, 0.05) is 11.5 Å². The summed E-state index contributed by atoms with van der Waals surface area (Å²) in [4.78, 5) is 15.7. The molecule has 0 aliphatic rings.